The van der Waals surface area contributed by atoms with Gasteiger partial charge in [-0.2, -0.15) is 0 Å². The zero-order chi connectivity index (χ0) is 26.9. The predicted octanol–water partition coefficient (Wildman–Crippen LogP) is 3.36. The van der Waals surface area contributed by atoms with Crippen LogP contribution >= 0.6 is 0 Å². The third-order valence-corrected chi connectivity index (χ3v) is 4.55. The Kier molecular flexibility index (Phi) is 9.73. The van der Waals surface area contributed by atoms with Crippen LogP contribution in [-0.2, 0) is 41.8 Å². The van der Waals surface area contributed by atoms with Crippen LogP contribution in [0.1, 0.15) is 65.5 Å². The fourth-order valence-corrected chi connectivity index (χ4v) is 2.97. The van der Waals surface area contributed by atoms with E-state index in [0.29, 0.717) is 11.1 Å². The Hall–Kier alpha value is -3.74. The van der Waals surface area contributed by atoms with Crippen molar-refractivity contribution in [3.63, 3.8) is 0 Å². The van der Waals surface area contributed by atoms with Crippen LogP contribution in [0.2, 0.25) is 0 Å². The largest absolute Gasteiger partial charge is 0.459 e. The lowest BCUT2D eigenvalue weighted by Crippen LogP contribution is -2.44. The number of esters is 2. The minimum absolute atomic E-state index is 0.103. The molecule has 1 aliphatic heterocycles. The number of alkyl carbamates (subject to hydrolysis) is 2. The minimum atomic E-state index is -1.10. The zero-order valence-corrected chi connectivity index (χ0v) is 21.6. The van der Waals surface area contributed by atoms with Gasteiger partial charge in [-0.3, -0.25) is 0 Å². The Bertz CT molecular complexity index is 948. The smallest absolute Gasteiger partial charge is 0.408 e. The van der Waals surface area contributed by atoms with E-state index in [4.69, 9.17) is 18.9 Å². The van der Waals surface area contributed by atoms with Crippen molar-refractivity contribution in [1.29, 1.82) is 0 Å². The van der Waals surface area contributed by atoms with E-state index in [2.05, 4.69) is 22.5 Å². The molecule has 2 atom stereocenters. The van der Waals surface area contributed by atoms with E-state index in [-0.39, 0.29) is 26.1 Å². The first-order chi connectivity index (χ1) is 16.7. The van der Waals surface area contributed by atoms with Crippen LogP contribution in [0.4, 0.5) is 9.59 Å². The Morgan fingerprint density at radius 2 is 1.14 bits per heavy atom. The molecular weight excluding hydrogens is 468 g/mol. The maximum absolute atomic E-state index is 12.8. The molecule has 0 saturated carbocycles. The topological polar surface area (TPSA) is 129 Å². The molecule has 0 saturated heterocycles. The van der Waals surface area contributed by atoms with Crippen LogP contribution in [0.3, 0.4) is 0 Å². The van der Waals surface area contributed by atoms with Crippen LogP contribution in [0.25, 0.3) is 0 Å². The van der Waals surface area contributed by atoms with E-state index >= 15 is 0 Å². The number of nitrogens with one attached hydrogen (secondary N) is 2. The van der Waals surface area contributed by atoms with Crippen molar-refractivity contribution in [2.24, 2.45) is 0 Å². The molecule has 2 rings (SSSR count). The SMILES string of the molecule is CC(C)(C)OC(=O)N[C@@H]1CC#CC[C@@H](NC(=O)OC(C)(C)C)C(=O)OCc2ccccc2COC1=O. The molecule has 1 aliphatic rings. The fourth-order valence-electron chi connectivity index (χ4n) is 2.97. The molecule has 0 bridgehead atoms. The van der Waals surface area contributed by atoms with Crippen LogP contribution in [0.5, 0.6) is 0 Å². The van der Waals surface area contributed by atoms with E-state index in [0.717, 1.165) is 0 Å². The van der Waals surface area contributed by atoms with Gasteiger partial charge in [0.1, 0.15) is 36.5 Å². The first-order valence-electron chi connectivity index (χ1n) is 11.6. The summed E-state index contributed by atoms with van der Waals surface area (Å²) in [6, 6.07) is 4.76. The molecule has 10 heteroatoms. The number of amides is 2. The average molecular weight is 503 g/mol. The molecule has 0 fully saturated rings. The molecule has 0 unspecified atom stereocenters. The maximum Gasteiger partial charge on any atom is 0.408 e. The van der Waals surface area contributed by atoms with Gasteiger partial charge in [0.2, 0.25) is 0 Å². The summed E-state index contributed by atoms with van der Waals surface area (Å²) in [6.07, 6.45) is -1.79. The van der Waals surface area contributed by atoms with Gasteiger partial charge in [-0.25, -0.2) is 19.2 Å². The van der Waals surface area contributed by atoms with Gasteiger partial charge in [-0.15, -0.1) is 11.8 Å². The highest BCUT2D eigenvalue weighted by Crippen LogP contribution is 2.15. The molecule has 1 aromatic rings. The van der Waals surface area contributed by atoms with Gasteiger partial charge in [0.05, 0.1) is 0 Å². The predicted molar refractivity (Wildman–Crippen MR) is 129 cm³/mol. The monoisotopic (exact) mass is 502 g/mol. The van der Waals surface area contributed by atoms with Gasteiger partial charge >= 0.3 is 24.1 Å². The van der Waals surface area contributed by atoms with Gasteiger partial charge in [0.25, 0.3) is 0 Å². The van der Waals surface area contributed by atoms with Gasteiger partial charge < -0.3 is 29.6 Å². The fraction of sp³-hybridized carbons (Fsp3) is 0.538. The summed E-state index contributed by atoms with van der Waals surface area (Å²) in [5.41, 5.74) is -0.286. The van der Waals surface area contributed by atoms with Gasteiger partial charge in [-0.05, 0) is 52.7 Å². The summed E-state index contributed by atoms with van der Waals surface area (Å²) < 4.78 is 21.3. The van der Waals surface area contributed by atoms with Crippen molar-refractivity contribution in [1.82, 2.24) is 10.6 Å². The summed E-state index contributed by atoms with van der Waals surface area (Å²) in [7, 11) is 0. The van der Waals surface area contributed by atoms with Crippen molar-refractivity contribution < 1.29 is 38.1 Å². The Labute approximate surface area is 211 Å². The molecule has 1 heterocycles. The highest BCUT2D eigenvalue weighted by Gasteiger charge is 2.27. The van der Waals surface area contributed by atoms with E-state index in [1.165, 1.54) is 0 Å². The summed E-state index contributed by atoms with van der Waals surface area (Å²) in [5, 5.41) is 4.97. The van der Waals surface area contributed by atoms with E-state index < -0.39 is 47.4 Å². The van der Waals surface area contributed by atoms with Crippen molar-refractivity contribution in [3.8, 4) is 11.8 Å². The number of ether oxygens (including phenoxy) is 4. The number of carbonyl (C=O) groups excluding carboxylic acids is 4. The first-order valence-corrected chi connectivity index (χ1v) is 11.6. The molecule has 36 heavy (non-hydrogen) atoms. The summed E-state index contributed by atoms with van der Waals surface area (Å²) >= 11 is 0. The maximum atomic E-state index is 12.8. The van der Waals surface area contributed by atoms with Crippen molar-refractivity contribution in [2.75, 3.05) is 0 Å². The van der Waals surface area contributed by atoms with E-state index in [9.17, 15) is 19.2 Å². The Morgan fingerprint density at radius 1 is 0.778 bits per heavy atom. The number of benzene rings is 1. The van der Waals surface area contributed by atoms with Crippen molar-refractivity contribution in [3.05, 3.63) is 35.4 Å². The Morgan fingerprint density at radius 3 is 1.47 bits per heavy atom. The average Bonchev–Trinajstić information content (AvgIpc) is 2.74. The lowest BCUT2D eigenvalue weighted by molar-refractivity contribution is -0.149. The molecule has 2 amide bonds. The van der Waals surface area contributed by atoms with Crippen molar-refractivity contribution >= 4 is 24.1 Å². The van der Waals surface area contributed by atoms with Crippen LogP contribution < -0.4 is 10.6 Å². The number of hydrogen-bond acceptors (Lipinski definition) is 8. The second kappa shape index (κ2) is 12.3. The second-order valence-corrected chi connectivity index (χ2v) is 10.1. The van der Waals surface area contributed by atoms with Gasteiger partial charge in [0.15, 0.2) is 0 Å². The second-order valence-electron chi connectivity index (χ2n) is 10.1. The molecule has 0 aliphatic carbocycles. The number of hydrogen-bond donors (Lipinski definition) is 2. The molecule has 196 valence electrons. The quantitative estimate of drug-likeness (QED) is 0.358. The summed E-state index contributed by atoms with van der Waals surface area (Å²) in [6.45, 7) is 9.99. The van der Waals surface area contributed by atoms with Crippen LogP contribution in [0, 0.1) is 11.8 Å². The highest BCUT2D eigenvalue weighted by molar-refractivity contribution is 5.82. The highest BCUT2D eigenvalue weighted by atomic mass is 16.6. The van der Waals surface area contributed by atoms with Crippen LogP contribution in [-0.4, -0.2) is 47.4 Å². The lowest BCUT2D eigenvalue weighted by Gasteiger charge is -2.23. The molecular formula is C26H34N2O8. The zero-order valence-electron chi connectivity index (χ0n) is 21.6. The minimum Gasteiger partial charge on any atom is -0.459 e. The molecule has 0 radical (unpaired) electrons. The summed E-state index contributed by atoms with van der Waals surface area (Å²) in [5.74, 6) is 4.13. The normalized spacial score (nSPS) is 19.2. The lowest BCUT2D eigenvalue weighted by atomic mass is 10.1. The van der Waals surface area contributed by atoms with Gasteiger partial charge in [0, 0.05) is 12.8 Å². The number of fused-ring (bicyclic) bond motifs is 1. The van der Waals surface area contributed by atoms with E-state index in [1.807, 2.05) is 0 Å². The first kappa shape index (κ1) is 28.5. The van der Waals surface area contributed by atoms with Gasteiger partial charge in [-0.1, -0.05) is 24.3 Å². The molecule has 1 aromatic carbocycles. The standard InChI is InChI=1S/C26H34N2O8/c1-25(2,3)35-23(31)27-19-13-9-10-14-20(28-24(32)36-26(4,5)6)22(30)34-16-18-12-8-7-11-17(18)15-33-21(19)29/h7-8,11-12,19-20H,13-16H2,1-6H3,(H,27,31)(H,28,32)/t19-,20-/m1/s1. The third kappa shape index (κ3) is 10.3. The third-order valence-electron chi connectivity index (χ3n) is 4.55. The van der Waals surface area contributed by atoms with Crippen molar-refractivity contribution in [2.45, 2.75) is 90.9 Å². The molecule has 0 aromatic heterocycles. The number of rotatable bonds is 2. The molecule has 10 nitrogen and oxygen atoms in total. The molecule has 0 spiro atoms. The van der Waals surface area contributed by atoms with E-state index in [1.54, 1.807) is 65.8 Å². The number of carbonyl (C=O) groups is 4. The summed E-state index contributed by atoms with van der Waals surface area (Å²) in [4.78, 5) is 50.1. The molecule has 2 N–H and O–H groups in total. The Balaban J connectivity index is 2.28. The number of cyclic esters (lactones) is 2. The van der Waals surface area contributed by atoms with Crippen LogP contribution in [0.15, 0.2) is 24.3 Å².